The van der Waals surface area contributed by atoms with Crippen molar-refractivity contribution in [3.05, 3.63) is 12.7 Å². The molecule has 0 rings (SSSR count). The van der Waals surface area contributed by atoms with E-state index >= 15 is 0 Å². The number of hydrogen-bond donors (Lipinski definition) is 0. The molecule has 1 unspecified atom stereocenters. The van der Waals surface area contributed by atoms with Crippen molar-refractivity contribution in [3.63, 3.8) is 0 Å². The molecule has 2 heteroatoms. The van der Waals surface area contributed by atoms with E-state index in [0.29, 0.717) is 0 Å². The Hall–Kier alpha value is -0.810. The van der Waals surface area contributed by atoms with E-state index < -0.39 is 0 Å². The molecule has 0 fully saturated rings. The number of rotatable bonds is 5. The Kier molecular flexibility index (Phi) is 4.72. The molecule has 0 aromatic carbocycles. The van der Waals surface area contributed by atoms with Crippen LogP contribution in [0.25, 0.3) is 0 Å². The van der Waals surface area contributed by atoms with Gasteiger partial charge in [0.1, 0.15) is 6.04 Å². The van der Waals surface area contributed by atoms with Gasteiger partial charge in [-0.05, 0) is 13.1 Å². The van der Waals surface area contributed by atoms with Gasteiger partial charge in [0.2, 0.25) is 0 Å². The zero-order valence-corrected chi connectivity index (χ0v) is 9.17. The van der Waals surface area contributed by atoms with Crippen LogP contribution in [0.1, 0.15) is 27.7 Å². The van der Waals surface area contributed by atoms with Crippen LogP contribution in [-0.2, 0) is 0 Å². The Morgan fingerprint density at radius 2 is 1.92 bits per heavy atom. The van der Waals surface area contributed by atoms with Crippen LogP contribution < -0.4 is 0 Å². The fourth-order valence-electron chi connectivity index (χ4n) is 1.42. The standard InChI is InChI=1S/C11H20N2/c1-6-11(4,5)10(9-12)13(7-2)8-3/h6,10H,1,7-8H2,2-5H3. The lowest BCUT2D eigenvalue weighted by molar-refractivity contribution is 0.173. The van der Waals surface area contributed by atoms with E-state index in [1.54, 1.807) is 0 Å². The highest BCUT2D eigenvalue weighted by atomic mass is 15.2. The van der Waals surface area contributed by atoms with Gasteiger partial charge in [-0.2, -0.15) is 5.26 Å². The largest absolute Gasteiger partial charge is 0.288 e. The van der Waals surface area contributed by atoms with E-state index in [1.807, 2.05) is 19.9 Å². The molecule has 0 bridgehead atoms. The van der Waals surface area contributed by atoms with Gasteiger partial charge in [0.05, 0.1) is 6.07 Å². The molecule has 0 spiro atoms. The lowest BCUT2D eigenvalue weighted by Gasteiger charge is -2.34. The maximum atomic E-state index is 9.09. The molecular formula is C11H20N2. The highest BCUT2D eigenvalue weighted by molar-refractivity contribution is 5.07. The normalized spacial score (nSPS) is 13.8. The predicted octanol–water partition coefficient (Wildman–Crippen LogP) is 2.43. The first-order valence-corrected chi connectivity index (χ1v) is 4.80. The lowest BCUT2D eigenvalue weighted by Crippen LogP contribution is -2.43. The Balaban J connectivity index is 4.69. The minimum Gasteiger partial charge on any atom is -0.288 e. The van der Waals surface area contributed by atoms with Crippen LogP contribution in [-0.4, -0.2) is 24.0 Å². The molecule has 0 amide bonds. The lowest BCUT2D eigenvalue weighted by atomic mass is 9.84. The second kappa shape index (κ2) is 5.04. The summed E-state index contributed by atoms with van der Waals surface area (Å²) in [7, 11) is 0. The quantitative estimate of drug-likeness (QED) is 0.608. The summed E-state index contributed by atoms with van der Waals surface area (Å²) in [5.41, 5.74) is -0.138. The van der Waals surface area contributed by atoms with Crippen molar-refractivity contribution in [1.82, 2.24) is 4.90 Å². The molecule has 2 nitrogen and oxygen atoms in total. The van der Waals surface area contributed by atoms with E-state index in [-0.39, 0.29) is 11.5 Å². The summed E-state index contributed by atoms with van der Waals surface area (Å²) >= 11 is 0. The third kappa shape index (κ3) is 2.86. The third-order valence-corrected chi connectivity index (χ3v) is 2.53. The van der Waals surface area contributed by atoms with Gasteiger partial charge in [-0.1, -0.05) is 33.8 Å². The minimum atomic E-state index is -0.138. The van der Waals surface area contributed by atoms with Crippen molar-refractivity contribution in [2.45, 2.75) is 33.7 Å². The summed E-state index contributed by atoms with van der Waals surface area (Å²) in [5, 5.41) is 9.09. The molecule has 1 atom stereocenters. The molecule has 0 radical (unpaired) electrons. The molecule has 13 heavy (non-hydrogen) atoms. The van der Waals surface area contributed by atoms with Crippen molar-refractivity contribution >= 4 is 0 Å². The van der Waals surface area contributed by atoms with Crippen LogP contribution in [0.3, 0.4) is 0 Å². The molecule has 0 aromatic heterocycles. The van der Waals surface area contributed by atoms with Gasteiger partial charge in [-0.3, -0.25) is 4.90 Å². The van der Waals surface area contributed by atoms with Crippen LogP contribution in [0.15, 0.2) is 12.7 Å². The zero-order chi connectivity index (χ0) is 10.5. The Morgan fingerprint density at radius 1 is 1.46 bits per heavy atom. The number of nitrogens with zero attached hydrogens (tertiary/aromatic N) is 2. The highest BCUT2D eigenvalue weighted by Gasteiger charge is 2.30. The van der Waals surface area contributed by atoms with Crippen LogP contribution in [0.5, 0.6) is 0 Å². The molecule has 0 aliphatic heterocycles. The van der Waals surface area contributed by atoms with Gasteiger partial charge >= 0.3 is 0 Å². The summed E-state index contributed by atoms with van der Waals surface area (Å²) in [6.07, 6.45) is 1.86. The van der Waals surface area contributed by atoms with E-state index in [2.05, 4.69) is 31.4 Å². The van der Waals surface area contributed by atoms with Crippen molar-refractivity contribution < 1.29 is 0 Å². The van der Waals surface area contributed by atoms with Crippen LogP contribution in [0, 0.1) is 16.7 Å². The highest BCUT2D eigenvalue weighted by Crippen LogP contribution is 2.25. The maximum absolute atomic E-state index is 9.09. The zero-order valence-electron chi connectivity index (χ0n) is 9.17. The second-order valence-electron chi connectivity index (χ2n) is 3.78. The van der Waals surface area contributed by atoms with Gasteiger partial charge in [-0.25, -0.2) is 0 Å². The monoisotopic (exact) mass is 180 g/mol. The Bertz CT molecular complexity index is 197. The number of hydrogen-bond acceptors (Lipinski definition) is 2. The average molecular weight is 180 g/mol. The fourth-order valence-corrected chi connectivity index (χ4v) is 1.42. The fraction of sp³-hybridized carbons (Fsp3) is 0.727. The van der Waals surface area contributed by atoms with E-state index in [1.165, 1.54) is 0 Å². The second-order valence-corrected chi connectivity index (χ2v) is 3.78. The summed E-state index contributed by atoms with van der Waals surface area (Å²) in [6.45, 7) is 13.8. The molecular weight excluding hydrogens is 160 g/mol. The SMILES string of the molecule is C=CC(C)(C)C(C#N)N(CC)CC. The van der Waals surface area contributed by atoms with E-state index in [9.17, 15) is 0 Å². The van der Waals surface area contributed by atoms with Crippen molar-refractivity contribution in [3.8, 4) is 6.07 Å². The van der Waals surface area contributed by atoms with Gasteiger partial charge in [-0.15, -0.1) is 6.58 Å². The number of nitriles is 1. The summed E-state index contributed by atoms with van der Waals surface area (Å²) in [6, 6.07) is 2.28. The van der Waals surface area contributed by atoms with Gasteiger partial charge < -0.3 is 0 Å². The van der Waals surface area contributed by atoms with Crippen molar-refractivity contribution in [1.29, 1.82) is 5.26 Å². The summed E-state index contributed by atoms with van der Waals surface area (Å²) in [5.74, 6) is 0. The molecule has 0 aliphatic rings. The molecule has 0 N–H and O–H groups in total. The predicted molar refractivity (Wildman–Crippen MR) is 56.3 cm³/mol. The van der Waals surface area contributed by atoms with Crippen LogP contribution in [0.4, 0.5) is 0 Å². The molecule has 0 saturated carbocycles. The first-order chi connectivity index (χ1) is 6.03. The molecule has 0 heterocycles. The first-order valence-electron chi connectivity index (χ1n) is 4.80. The molecule has 0 aromatic rings. The van der Waals surface area contributed by atoms with Gasteiger partial charge in [0.25, 0.3) is 0 Å². The topological polar surface area (TPSA) is 27.0 Å². The summed E-state index contributed by atoms with van der Waals surface area (Å²) < 4.78 is 0. The van der Waals surface area contributed by atoms with Crippen LogP contribution in [0.2, 0.25) is 0 Å². The van der Waals surface area contributed by atoms with Gasteiger partial charge in [0, 0.05) is 5.41 Å². The van der Waals surface area contributed by atoms with Gasteiger partial charge in [0.15, 0.2) is 0 Å². The maximum Gasteiger partial charge on any atom is 0.106 e. The minimum absolute atomic E-state index is 0.0694. The van der Waals surface area contributed by atoms with E-state index in [0.717, 1.165) is 13.1 Å². The third-order valence-electron chi connectivity index (χ3n) is 2.53. The first kappa shape index (κ1) is 12.2. The molecule has 74 valence electrons. The Morgan fingerprint density at radius 3 is 2.15 bits per heavy atom. The smallest absolute Gasteiger partial charge is 0.106 e. The Labute approximate surface area is 81.9 Å². The molecule has 0 aliphatic carbocycles. The molecule has 0 saturated heterocycles. The van der Waals surface area contributed by atoms with Crippen LogP contribution >= 0.6 is 0 Å². The van der Waals surface area contributed by atoms with Crippen molar-refractivity contribution in [2.24, 2.45) is 5.41 Å². The van der Waals surface area contributed by atoms with Crippen molar-refractivity contribution in [2.75, 3.05) is 13.1 Å². The summed E-state index contributed by atoms with van der Waals surface area (Å²) in [4.78, 5) is 2.15. The average Bonchev–Trinajstić information content (AvgIpc) is 2.13. The van der Waals surface area contributed by atoms with E-state index in [4.69, 9.17) is 5.26 Å².